The van der Waals surface area contributed by atoms with Crippen LogP contribution in [0.25, 0.3) is 10.9 Å². The zero-order valence-electron chi connectivity index (χ0n) is 14.1. The van der Waals surface area contributed by atoms with Crippen molar-refractivity contribution < 1.29 is 24.2 Å². The zero-order chi connectivity index (χ0) is 18.2. The summed E-state index contributed by atoms with van der Waals surface area (Å²) in [5, 5.41) is 12.3. The van der Waals surface area contributed by atoms with E-state index in [0.29, 0.717) is 31.6 Å². The number of carbonyl (C=O) groups excluding carboxylic acids is 2. The Morgan fingerprint density at radius 2 is 1.96 bits per heavy atom. The van der Waals surface area contributed by atoms with Crippen molar-refractivity contribution in [3.63, 3.8) is 0 Å². The minimum atomic E-state index is -0.861. The Morgan fingerprint density at radius 1 is 1.20 bits per heavy atom. The minimum absolute atomic E-state index is 0.0580. The summed E-state index contributed by atoms with van der Waals surface area (Å²) in [6.45, 7) is 2.05. The van der Waals surface area contributed by atoms with E-state index in [1.54, 1.807) is 12.1 Å². The Hall–Kier alpha value is -2.83. The van der Waals surface area contributed by atoms with Crippen LogP contribution in [0.15, 0.2) is 24.4 Å². The summed E-state index contributed by atoms with van der Waals surface area (Å²) >= 11 is 0. The first-order chi connectivity index (χ1) is 12.0. The third kappa shape index (κ3) is 5.95. The molecule has 3 N–H and O–H groups in total. The van der Waals surface area contributed by atoms with Crippen LogP contribution < -0.4 is 10.1 Å². The number of unbranched alkanes of at least 4 members (excludes halogenated alkanes) is 1. The highest BCUT2D eigenvalue weighted by Gasteiger charge is 2.09. The second-order valence-electron chi connectivity index (χ2n) is 5.83. The van der Waals surface area contributed by atoms with Gasteiger partial charge in [0, 0.05) is 49.5 Å². The second kappa shape index (κ2) is 8.86. The Balaban J connectivity index is 1.89. The maximum atomic E-state index is 11.8. The van der Waals surface area contributed by atoms with Crippen LogP contribution in [0.1, 0.15) is 38.2 Å². The van der Waals surface area contributed by atoms with Crippen LogP contribution in [0.4, 0.5) is 0 Å². The fourth-order valence-electron chi connectivity index (χ4n) is 2.54. The Labute approximate surface area is 145 Å². The normalized spacial score (nSPS) is 10.6. The third-order valence-electron chi connectivity index (χ3n) is 3.76. The average Bonchev–Trinajstić information content (AvgIpc) is 2.93. The van der Waals surface area contributed by atoms with Gasteiger partial charge in [-0.2, -0.15) is 0 Å². The van der Waals surface area contributed by atoms with Crippen LogP contribution >= 0.6 is 0 Å². The van der Waals surface area contributed by atoms with Gasteiger partial charge in [-0.15, -0.1) is 0 Å². The van der Waals surface area contributed by atoms with E-state index in [0.717, 1.165) is 16.5 Å². The van der Waals surface area contributed by atoms with Crippen molar-refractivity contribution in [1.29, 1.82) is 0 Å². The van der Waals surface area contributed by atoms with Crippen molar-refractivity contribution in [3.05, 3.63) is 30.0 Å². The molecular formula is C18H22N2O5. The van der Waals surface area contributed by atoms with Gasteiger partial charge < -0.3 is 20.1 Å². The summed E-state index contributed by atoms with van der Waals surface area (Å²) in [7, 11) is 0. The lowest BCUT2D eigenvalue weighted by Crippen LogP contribution is -2.22. The number of amides is 1. The van der Waals surface area contributed by atoms with Crippen molar-refractivity contribution in [2.24, 2.45) is 0 Å². The van der Waals surface area contributed by atoms with Crippen LogP contribution in [0.3, 0.4) is 0 Å². The van der Waals surface area contributed by atoms with Gasteiger partial charge in [0.1, 0.15) is 5.75 Å². The molecule has 7 nitrogen and oxygen atoms in total. The largest absolute Gasteiger partial charge is 0.481 e. The van der Waals surface area contributed by atoms with Gasteiger partial charge in [0.25, 0.3) is 0 Å². The van der Waals surface area contributed by atoms with Gasteiger partial charge in [-0.3, -0.25) is 14.4 Å². The topological polar surface area (TPSA) is 108 Å². The summed E-state index contributed by atoms with van der Waals surface area (Å²) in [6, 6.07) is 5.36. The van der Waals surface area contributed by atoms with Crippen LogP contribution in [-0.4, -0.2) is 34.5 Å². The number of ether oxygens (including phenoxy) is 1. The summed E-state index contributed by atoms with van der Waals surface area (Å²) < 4.78 is 5.29. The predicted molar refractivity (Wildman–Crippen MR) is 92.4 cm³/mol. The van der Waals surface area contributed by atoms with E-state index >= 15 is 0 Å². The van der Waals surface area contributed by atoms with Crippen molar-refractivity contribution in [2.75, 3.05) is 6.54 Å². The quantitative estimate of drug-likeness (QED) is 0.367. The Bertz CT molecular complexity index is 766. The summed E-state index contributed by atoms with van der Waals surface area (Å²) in [4.78, 5) is 36.3. The molecule has 1 amide bonds. The number of carboxylic acid groups (broad SMARTS) is 1. The molecule has 2 aromatic rings. The van der Waals surface area contributed by atoms with E-state index in [1.165, 1.54) is 6.92 Å². The smallest absolute Gasteiger partial charge is 0.311 e. The van der Waals surface area contributed by atoms with Crippen molar-refractivity contribution >= 4 is 28.7 Å². The SMILES string of the molecule is CC(=O)NCCc1c[nH]c2cc(OC(=O)CCCCC(=O)O)ccc12. The van der Waals surface area contributed by atoms with Gasteiger partial charge >= 0.3 is 11.9 Å². The number of benzene rings is 1. The monoisotopic (exact) mass is 346 g/mol. The number of H-pyrrole nitrogens is 1. The number of hydrogen-bond acceptors (Lipinski definition) is 4. The Kier molecular flexibility index (Phi) is 6.56. The molecule has 0 unspecified atom stereocenters. The fourth-order valence-corrected chi connectivity index (χ4v) is 2.54. The van der Waals surface area contributed by atoms with Gasteiger partial charge in [0.05, 0.1) is 0 Å². The highest BCUT2D eigenvalue weighted by Crippen LogP contribution is 2.24. The fraction of sp³-hybridized carbons (Fsp3) is 0.389. The number of fused-ring (bicyclic) bond motifs is 1. The number of carboxylic acids is 1. The van der Waals surface area contributed by atoms with E-state index in [1.807, 2.05) is 12.3 Å². The molecule has 0 saturated heterocycles. The van der Waals surface area contributed by atoms with Crippen LogP contribution in [0, 0.1) is 0 Å². The number of nitrogens with one attached hydrogen (secondary N) is 2. The molecule has 1 aromatic carbocycles. The van der Waals surface area contributed by atoms with E-state index < -0.39 is 5.97 Å². The van der Waals surface area contributed by atoms with Gasteiger partial charge in [0.2, 0.25) is 5.91 Å². The molecule has 25 heavy (non-hydrogen) atoms. The third-order valence-corrected chi connectivity index (χ3v) is 3.76. The molecule has 1 aromatic heterocycles. The number of hydrogen-bond donors (Lipinski definition) is 3. The van der Waals surface area contributed by atoms with Crippen molar-refractivity contribution in [3.8, 4) is 5.75 Å². The van der Waals surface area contributed by atoms with E-state index in [-0.39, 0.29) is 24.7 Å². The first-order valence-corrected chi connectivity index (χ1v) is 8.22. The van der Waals surface area contributed by atoms with Gasteiger partial charge in [-0.25, -0.2) is 0 Å². The molecule has 0 bridgehead atoms. The molecule has 134 valence electrons. The van der Waals surface area contributed by atoms with E-state index in [9.17, 15) is 14.4 Å². The molecule has 1 heterocycles. The zero-order valence-corrected chi connectivity index (χ0v) is 14.1. The lowest BCUT2D eigenvalue weighted by atomic mass is 10.1. The Morgan fingerprint density at radius 3 is 2.68 bits per heavy atom. The number of esters is 1. The number of aromatic amines is 1. The summed E-state index contributed by atoms with van der Waals surface area (Å²) in [5.41, 5.74) is 1.93. The molecular weight excluding hydrogens is 324 g/mol. The standard InChI is InChI=1S/C18H22N2O5/c1-12(21)19-9-8-13-11-20-16-10-14(6-7-15(13)16)25-18(24)5-3-2-4-17(22)23/h6-7,10-11,20H,2-5,8-9H2,1H3,(H,19,21)(H,22,23). The molecule has 7 heteroatoms. The minimum Gasteiger partial charge on any atom is -0.481 e. The van der Waals surface area contributed by atoms with Crippen LogP contribution in [0.5, 0.6) is 5.75 Å². The van der Waals surface area contributed by atoms with Crippen molar-refractivity contribution in [2.45, 2.75) is 39.0 Å². The summed E-state index contributed by atoms with van der Waals surface area (Å²) in [5.74, 6) is -0.842. The molecule has 0 spiro atoms. The van der Waals surface area contributed by atoms with Gasteiger partial charge in [0.15, 0.2) is 0 Å². The molecule has 0 aliphatic heterocycles. The molecule has 0 atom stereocenters. The molecule has 0 saturated carbocycles. The second-order valence-corrected chi connectivity index (χ2v) is 5.83. The van der Waals surface area contributed by atoms with Gasteiger partial charge in [-0.1, -0.05) is 0 Å². The highest BCUT2D eigenvalue weighted by atomic mass is 16.5. The van der Waals surface area contributed by atoms with Crippen LogP contribution in [0.2, 0.25) is 0 Å². The highest BCUT2D eigenvalue weighted by molar-refractivity contribution is 5.85. The number of aromatic nitrogens is 1. The average molecular weight is 346 g/mol. The molecule has 0 aliphatic carbocycles. The predicted octanol–water partition coefficient (Wildman–Crippen LogP) is 2.40. The van der Waals surface area contributed by atoms with Crippen LogP contribution in [-0.2, 0) is 20.8 Å². The maximum absolute atomic E-state index is 11.8. The van der Waals surface area contributed by atoms with E-state index in [2.05, 4.69) is 10.3 Å². The lowest BCUT2D eigenvalue weighted by molar-refractivity contribution is -0.138. The first-order valence-electron chi connectivity index (χ1n) is 8.22. The summed E-state index contributed by atoms with van der Waals surface area (Å²) in [6.07, 6.45) is 3.79. The first kappa shape index (κ1) is 18.5. The van der Waals surface area contributed by atoms with Gasteiger partial charge in [-0.05, 0) is 37.0 Å². The lowest BCUT2D eigenvalue weighted by Gasteiger charge is -2.05. The number of rotatable bonds is 9. The molecule has 0 radical (unpaired) electrons. The number of carbonyl (C=O) groups is 3. The molecule has 0 fully saturated rings. The van der Waals surface area contributed by atoms with Crippen molar-refractivity contribution in [1.82, 2.24) is 10.3 Å². The van der Waals surface area contributed by atoms with E-state index in [4.69, 9.17) is 9.84 Å². The molecule has 0 aliphatic rings. The molecule has 2 rings (SSSR count). The maximum Gasteiger partial charge on any atom is 0.311 e. The number of aliphatic carboxylic acids is 1.